The number of ketones is 2. The van der Waals surface area contributed by atoms with Gasteiger partial charge in [-0.1, -0.05) is 24.3 Å². The van der Waals surface area contributed by atoms with Gasteiger partial charge in [0.05, 0.1) is 13.2 Å². The summed E-state index contributed by atoms with van der Waals surface area (Å²) in [6.07, 6.45) is 0. The number of rotatable bonds is 8. The summed E-state index contributed by atoms with van der Waals surface area (Å²) in [5.74, 6) is -0.520. The molecule has 0 radical (unpaired) electrons. The van der Waals surface area contributed by atoms with Crippen molar-refractivity contribution >= 4 is 11.6 Å². The van der Waals surface area contributed by atoms with Crippen LogP contribution in [0.4, 0.5) is 17.6 Å². The average molecular weight is 481 g/mol. The van der Waals surface area contributed by atoms with Crippen LogP contribution in [-0.2, 0) is 22.6 Å². The molecule has 0 atom stereocenters. The molecule has 0 unspecified atom stereocenters. The summed E-state index contributed by atoms with van der Waals surface area (Å²) in [6.45, 7) is -5.39. The van der Waals surface area contributed by atoms with E-state index >= 15 is 0 Å². The molecule has 0 N–H and O–H groups in total. The van der Waals surface area contributed by atoms with Gasteiger partial charge in [0.15, 0.2) is 0 Å². The molecular formula is C18H17BrF4N2O4. The van der Waals surface area contributed by atoms with Gasteiger partial charge in [-0.3, -0.25) is 9.59 Å². The van der Waals surface area contributed by atoms with Gasteiger partial charge in [0.2, 0.25) is 23.0 Å². The van der Waals surface area contributed by atoms with E-state index in [1.165, 1.54) is 21.3 Å². The molecule has 0 amide bonds. The Labute approximate surface area is 173 Å². The number of carbonyl (C=O) groups is 2. The highest BCUT2D eigenvalue weighted by Crippen LogP contribution is 2.27. The van der Waals surface area contributed by atoms with E-state index in [9.17, 15) is 27.2 Å². The van der Waals surface area contributed by atoms with Crippen molar-refractivity contribution in [3.8, 4) is 0 Å². The van der Waals surface area contributed by atoms with Crippen LogP contribution in [0.15, 0.2) is 24.3 Å². The second kappa shape index (κ2) is 9.59. The fourth-order valence-electron chi connectivity index (χ4n) is 3.33. The molecule has 0 saturated heterocycles. The van der Waals surface area contributed by atoms with E-state index in [1.54, 1.807) is 19.1 Å². The van der Waals surface area contributed by atoms with Gasteiger partial charge in [0.1, 0.15) is 13.1 Å². The molecule has 1 aliphatic rings. The largest absolute Gasteiger partial charge is 1.00 e. The molecule has 158 valence electrons. The lowest BCUT2D eigenvalue weighted by Crippen LogP contribution is -3.00. The number of nitrogens with zero attached hydrogens (tertiary/aromatic N) is 2. The van der Waals surface area contributed by atoms with Crippen LogP contribution in [0, 0.1) is 6.92 Å². The van der Waals surface area contributed by atoms with Crippen LogP contribution >= 0.6 is 0 Å². The minimum Gasteiger partial charge on any atom is -1.00 e. The summed E-state index contributed by atoms with van der Waals surface area (Å²) in [7, 11) is 0. The Hall–Kier alpha value is -2.11. The summed E-state index contributed by atoms with van der Waals surface area (Å²) in [6, 6.07) is 6.23. The van der Waals surface area contributed by atoms with Crippen LogP contribution in [0.5, 0.6) is 0 Å². The lowest BCUT2D eigenvalue weighted by atomic mass is 9.90. The lowest BCUT2D eigenvalue weighted by Gasteiger charge is -2.13. The monoisotopic (exact) mass is 480 g/mol. The molecule has 0 fully saturated rings. The lowest BCUT2D eigenvalue weighted by molar-refractivity contribution is -0.706. The minimum absolute atomic E-state index is 0. The quantitative estimate of drug-likeness (QED) is 0.317. The van der Waals surface area contributed by atoms with Gasteiger partial charge >= 0.3 is 13.2 Å². The van der Waals surface area contributed by atoms with Crippen molar-refractivity contribution in [2.24, 2.45) is 0 Å². The molecule has 1 aromatic carbocycles. The summed E-state index contributed by atoms with van der Waals surface area (Å²) in [5, 5.41) is 0. The number of hydrogen-bond donors (Lipinski definition) is 0. The number of carbonyl (C=O) groups excluding carboxylic acids is 2. The predicted molar refractivity (Wildman–Crippen MR) is 86.6 cm³/mol. The van der Waals surface area contributed by atoms with E-state index in [4.69, 9.17) is 0 Å². The van der Waals surface area contributed by atoms with Crippen LogP contribution in [0.25, 0.3) is 0 Å². The molecule has 11 heteroatoms. The number of alkyl halides is 4. The maximum absolute atomic E-state index is 13.0. The average Bonchev–Trinajstić information content (AvgIpc) is 2.92. The Morgan fingerprint density at radius 2 is 1.52 bits per heavy atom. The zero-order valence-corrected chi connectivity index (χ0v) is 16.8. The van der Waals surface area contributed by atoms with Gasteiger partial charge in [0.25, 0.3) is 5.82 Å². The van der Waals surface area contributed by atoms with E-state index in [0.717, 1.165) is 0 Å². The second-order valence-electron chi connectivity index (χ2n) is 6.01. The molecule has 2 aromatic rings. The third-order valence-corrected chi connectivity index (χ3v) is 4.51. The van der Waals surface area contributed by atoms with Gasteiger partial charge < -0.3 is 26.5 Å². The SMILES string of the molecule is Cc1n(CCOC(F)F)c2c([n+]1CCOC(F)F)C(=O)c1ccccc1C2=O.[Br-]. The van der Waals surface area contributed by atoms with Crippen molar-refractivity contribution in [3.05, 3.63) is 52.6 Å². The Morgan fingerprint density at radius 3 is 2.10 bits per heavy atom. The number of imidazole rings is 1. The number of fused-ring (bicyclic) bond motifs is 2. The van der Waals surface area contributed by atoms with Crippen molar-refractivity contribution in [1.29, 1.82) is 0 Å². The van der Waals surface area contributed by atoms with E-state index in [-0.39, 0.29) is 52.6 Å². The molecular weight excluding hydrogens is 464 g/mol. The number of halogens is 5. The normalized spacial score (nSPS) is 12.9. The fourth-order valence-corrected chi connectivity index (χ4v) is 3.33. The van der Waals surface area contributed by atoms with Crippen LogP contribution in [0.1, 0.15) is 37.9 Å². The van der Waals surface area contributed by atoms with E-state index in [2.05, 4.69) is 9.47 Å². The molecule has 1 aliphatic carbocycles. The number of aromatic nitrogens is 2. The Kier molecular flexibility index (Phi) is 7.66. The first kappa shape index (κ1) is 23.2. The van der Waals surface area contributed by atoms with Crippen LogP contribution in [0.3, 0.4) is 0 Å². The van der Waals surface area contributed by atoms with Crippen LogP contribution in [-0.4, -0.2) is 42.6 Å². The highest BCUT2D eigenvalue weighted by molar-refractivity contribution is 6.26. The highest BCUT2D eigenvalue weighted by atomic mass is 79.9. The van der Waals surface area contributed by atoms with Crippen LogP contribution in [0.2, 0.25) is 0 Å². The van der Waals surface area contributed by atoms with Crippen molar-refractivity contribution in [2.75, 3.05) is 13.2 Å². The van der Waals surface area contributed by atoms with Crippen molar-refractivity contribution in [3.63, 3.8) is 0 Å². The van der Waals surface area contributed by atoms with E-state index < -0.39 is 38.0 Å². The smallest absolute Gasteiger partial charge is 0.345 e. The first-order valence-electron chi connectivity index (χ1n) is 8.43. The maximum atomic E-state index is 13.0. The molecule has 1 aromatic heterocycles. The number of benzene rings is 1. The molecule has 0 bridgehead atoms. The number of ether oxygens (including phenoxy) is 2. The summed E-state index contributed by atoms with van der Waals surface area (Å²) in [4.78, 5) is 26.0. The van der Waals surface area contributed by atoms with Gasteiger partial charge in [-0.2, -0.15) is 17.6 Å². The van der Waals surface area contributed by atoms with Crippen LogP contribution < -0.4 is 21.5 Å². The zero-order chi connectivity index (χ0) is 20.4. The maximum Gasteiger partial charge on any atom is 0.345 e. The van der Waals surface area contributed by atoms with Gasteiger partial charge in [-0.25, -0.2) is 9.13 Å². The highest BCUT2D eigenvalue weighted by Gasteiger charge is 2.42. The van der Waals surface area contributed by atoms with E-state index in [1.807, 2.05) is 0 Å². The van der Waals surface area contributed by atoms with Crippen molar-refractivity contribution in [2.45, 2.75) is 33.2 Å². The van der Waals surface area contributed by atoms with E-state index in [0.29, 0.717) is 5.82 Å². The van der Waals surface area contributed by atoms with Gasteiger partial charge in [-0.05, 0) is 0 Å². The Bertz CT molecular complexity index is 847. The summed E-state index contributed by atoms with van der Waals surface area (Å²) >= 11 is 0. The molecule has 1 heterocycles. The predicted octanol–water partition coefficient (Wildman–Crippen LogP) is -0.658. The molecule has 0 saturated carbocycles. The Balaban J connectivity index is 0.00000300. The molecule has 0 spiro atoms. The minimum atomic E-state index is -2.98. The fraction of sp³-hybridized carbons (Fsp3) is 0.389. The zero-order valence-electron chi connectivity index (χ0n) is 15.2. The third-order valence-electron chi connectivity index (χ3n) is 4.51. The summed E-state index contributed by atoms with van der Waals surface area (Å²) in [5.41, 5.74) is 0.446. The first-order valence-corrected chi connectivity index (χ1v) is 8.43. The summed E-state index contributed by atoms with van der Waals surface area (Å²) < 4.78 is 60.6. The topological polar surface area (TPSA) is 61.4 Å². The van der Waals surface area contributed by atoms with Crippen molar-refractivity contribution in [1.82, 2.24) is 4.57 Å². The van der Waals surface area contributed by atoms with Gasteiger partial charge in [0, 0.05) is 18.1 Å². The molecule has 3 rings (SSSR count). The van der Waals surface area contributed by atoms with Gasteiger partial charge in [-0.15, -0.1) is 0 Å². The first-order chi connectivity index (χ1) is 13.3. The third kappa shape index (κ3) is 4.57. The second-order valence-corrected chi connectivity index (χ2v) is 6.01. The Morgan fingerprint density at radius 1 is 0.966 bits per heavy atom. The standard InChI is InChI=1S/C18H17F4N2O4.BrH/c1-10-23(6-8-27-17(19)20)13-14(24(10)7-9-28-18(21)22)16(26)12-5-3-2-4-11(12)15(13)25;/h2-5,17-18H,6-9H2,1H3;1H/q+1;/p-1. The molecule has 6 nitrogen and oxygen atoms in total. The number of hydrogen-bond acceptors (Lipinski definition) is 4. The van der Waals surface area contributed by atoms with Crippen molar-refractivity contribution < 1.29 is 58.2 Å². The molecule has 0 aliphatic heterocycles. The molecule has 29 heavy (non-hydrogen) atoms.